The number of rotatable bonds is 3. The molecule has 1 heterocycles. The Kier molecular flexibility index (Phi) is 3.72. The monoisotopic (exact) mass is 276 g/mol. The van der Waals surface area contributed by atoms with Crippen LogP contribution in [0.4, 0.5) is 0 Å². The zero-order valence-corrected chi connectivity index (χ0v) is 12.5. The van der Waals surface area contributed by atoms with Gasteiger partial charge in [-0.25, -0.2) is 0 Å². The minimum atomic E-state index is -0.0254. The van der Waals surface area contributed by atoms with Gasteiger partial charge >= 0.3 is 0 Å². The Hall–Kier alpha value is -2.19. The van der Waals surface area contributed by atoms with Crippen molar-refractivity contribution >= 4 is 10.9 Å². The standard InChI is InChI=1S/C19H20N2/c1-13-7-8-14(2)16(9-13)11-18(20)17-10-15-5-3-4-6-19(15)21-12-17/h3-10,12,18H,11,20H2,1-2H3. The van der Waals surface area contributed by atoms with Gasteiger partial charge in [0.2, 0.25) is 0 Å². The summed E-state index contributed by atoms with van der Waals surface area (Å²) in [6, 6.07) is 16.8. The number of hydrogen-bond donors (Lipinski definition) is 1. The number of aromatic nitrogens is 1. The topological polar surface area (TPSA) is 38.9 Å². The molecule has 2 heteroatoms. The van der Waals surface area contributed by atoms with Crippen molar-refractivity contribution in [3.05, 3.63) is 77.0 Å². The molecule has 0 aliphatic rings. The van der Waals surface area contributed by atoms with Gasteiger partial charge in [-0.2, -0.15) is 0 Å². The van der Waals surface area contributed by atoms with E-state index in [1.165, 1.54) is 16.7 Å². The second-order valence-corrected chi connectivity index (χ2v) is 5.70. The molecule has 0 saturated carbocycles. The number of fused-ring (bicyclic) bond motifs is 1. The molecular formula is C19H20N2. The van der Waals surface area contributed by atoms with E-state index < -0.39 is 0 Å². The largest absolute Gasteiger partial charge is 0.324 e. The first kappa shape index (κ1) is 13.8. The van der Waals surface area contributed by atoms with Crippen molar-refractivity contribution in [1.82, 2.24) is 4.98 Å². The molecule has 3 aromatic rings. The number of pyridine rings is 1. The minimum absolute atomic E-state index is 0.0254. The Morgan fingerprint density at radius 2 is 1.86 bits per heavy atom. The van der Waals surface area contributed by atoms with E-state index >= 15 is 0 Å². The van der Waals surface area contributed by atoms with Crippen molar-refractivity contribution in [2.75, 3.05) is 0 Å². The maximum atomic E-state index is 6.40. The summed E-state index contributed by atoms with van der Waals surface area (Å²) in [5.74, 6) is 0. The number of aryl methyl sites for hydroxylation is 2. The van der Waals surface area contributed by atoms with Crippen LogP contribution in [0.3, 0.4) is 0 Å². The van der Waals surface area contributed by atoms with E-state index in [0.29, 0.717) is 0 Å². The third-order valence-corrected chi connectivity index (χ3v) is 3.98. The summed E-state index contributed by atoms with van der Waals surface area (Å²) in [6.45, 7) is 4.26. The van der Waals surface area contributed by atoms with Crippen LogP contribution in [0.1, 0.15) is 28.3 Å². The minimum Gasteiger partial charge on any atom is -0.324 e. The molecule has 1 atom stereocenters. The number of nitrogens with zero attached hydrogens (tertiary/aromatic N) is 1. The lowest BCUT2D eigenvalue weighted by Crippen LogP contribution is -2.14. The van der Waals surface area contributed by atoms with Gasteiger partial charge in [0.25, 0.3) is 0 Å². The first-order valence-corrected chi connectivity index (χ1v) is 7.30. The van der Waals surface area contributed by atoms with Gasteiger partial charge in [0.15, 0.2) is 0 Å². The van der Waals surface area contributed by atoms with Crippen molar-refractivity contribution in [2.45, 2.75) is 26.3 Å². The summed E-state index contributed by atoms with van der Waals surface area (Å²) in [6.07, 6.45) is 2.74. The smallest absolute Gasteiger partial charge is 0.0702 e. The Bertz CT molecular complexity index is 777. The lowest BCUT2D eigenvalue weighted by molar-refractivity contribution is 0.716. The maximum Gasteiger partial charge on any atom is 0.0702 e. The normalized spacial score (nSPS) is 12.5. The molecule has 1 unspecified atom stereocenters. The molecule has 0 fully saturated rings. The highest BCUT2D eigenvalue weighted by molar-refractivity contribution is 5.78. The predicted molar refractivity (Wildman–Crippen MR) is 88.3 cm³/mol. The maximum absolute atomic E-state index is 6.40. The van der Waals surface area contributed by atoms with Gasteiger partial charge < -0.3 is 5.73 Å². The third kappa shape index (κ3) is 2.96. The molecule has 21 heavy (non-hydrogen) atoms. The van der Waals surface area contributed by atoms with Gasteiger partial charge in [0.05, 0.1) is 5.52 Å². The van der Waals surface area contributed by atoms with Crippen LogP contribution in [-0.4, -0.2) is 4.98 Å². The molecule has 0 radical (unpaired) electrons. The fraction of sp³-hybridized carbons (Fsp3) is 0.211. The SMILES string of the molecule is Cc1ccc(C)c(CC(N)c2cnc3ccccc3c2)c1. The molecule has 0 amide bonds. The van der Waals surface area contributed by atoms with Crippen molar-refractivity contribution in [1.29, 1.82) is 0 Å². The Labute approximate surface area is 125 Å². The second-order valence-electron chi connectivity index (χ2n) is 5.70. The fourth-order valence-corrected chi connectivity index (χ4v) is 2.67. The summed E-state index contributed by atoms with van der Waals surface area (Å²) >= 11 is 0. The summed E-state index contributed by atoms with van der Waals surface area (Å²) in [7, 11) is 0. The van der Waals surface area contributed by atoms with Crippen LogP contribution in [0.2, 0.25) is 0 Å². The average Bonchev–Trinajstić information content (AvgIpc) is 2.50. The van der Waals surface area contributed by atoms with Crippen LogP contribution in [0.15, 0.2) is 54.7 Å². The van der Waals surface area contributed by atoms with Crippen LogP contribution >= 0.6 is 0 Å². The van der Waals surface area contributed by atoms with Crippen LogP contribution in [0.5, 0.6) is 0 Å². The zero-order valence-electron chi connectivity index (χ0n) is 12.5. The van der Waals surface area contributed by atoms with Crippen molar-refractivity contribution in [3.8, 4) is 0 Å². The van der Waals surface area contributed by atoms with Gasteiger partial charge in [-0.1, -0.05) is 42.0 Å². The highest BCUT2D eigenvalue weighted by Crippen LogP contribution is 2.22. The molecule has 2 N–H and O–H groups in total. The zero-order chi connectivity index (χ0) is 14.8. The summed E-state index contributed by atoms with van der Waals surface area (Å²) in [5.41, 5.74) is 12.4. The lowest BCUT2D eigenvalue weighted by atomic mass is 9.95. The Morgan fingerprint density at radius 3 is 2.71 bits per heavy atom. The molecule has 1 aromatic heterocycles. The molecule has 2 aromatic carbocycles. The second kappa shape index (κ2) is 5.66. The average molecular weight is 276 g/mol. The van der Waals surface area contributed by atoms with Gasteiger partial charge in [0.1, 0.15) is 0 Å². The lowest BCUT2D eigenvalue weighted by Gasteiger charge is -2.15. The van der Waals surface area contributed by atoms with Gasteiger partial charge in [-0.05, 0) is 49.1 Å². The third-order valence-electron chi connectivity index (χ3n) is 3.98. The fourth-order valence-electron chi connectivity index (χ4n) is 2.67. The molecule has 0 saturated heterocycles. The number of para-hydroxylation sites is 1. The van der Waals surface area contributed by atoms with Gasteiger partial charge in [0, 0.05) is 17.6 Å². The molecule has 0 aliphatic heterocycles. The van der Waals surface area contributed by atoms with E-state index in [2.05, 4.69) is 49.2 Å². The summed E-state index contributed by atoms with van der Waals surface area (Å²) in [5, 5.41) is 1.14. The molecule has 0 spiro atoms. The van der Waals surface area contributed by atoms with Gasteiger partial charge in [-0.15, -0.1) is 0 Å². The van der Waals surface area contributed by atoms with E-state index in [-0.39, 0.29) is 6.04 Å². The number of benzene rings is 2. The van der Waals surface area contributed by atoms with E-state index in [9.17, 15) is 0 Å². The molecule has 3 rings (SSSR count). The van der Waals surface area contributed by atoms with E-state index in [1.54, 1.807) is 0 Å². The first-order chi connectivity index (χ1) is 10.1. The predicted octanol–water partition coefficient (Wildman–Crippen LogP) is 4.09. The van der Waals surface area contributed by atoms with Gasteiger partial charge in [-0.3, -0.25) is 4.98 Å². The van der Waals surface area contributed by atoms with Crippen molar-refractivity contribution in [3.63, 3.8) is 0 Å². The number of nitrogens with two attached hydrogens (primary N) is 1. The quantitative estimate of drug-likeness (QED) is 0.782. The molecule has 0 bridgehead atoms. The van der Waals surface area contributed by atoms with E-state index in [1.807, 2.05) is 24.4 Å². The summed E-state index contributed by atoms with van der Waals surface area (Å²) in [4.78, 5) is 4.50. The molecule has 106 valence electrons. The summed E-state index contributed by atoms with van der Waals surface area (Å²) < 4.78 is 0. The number of hydrogen-bond acceptors (Lipinski definition) is 2. The molecule has 0 aliphatic carbocycles. The van der Waals surface area contributed by atoms with Crippen LogP contribution in [0, 0.1) is 13.8 Å². The first-order valence-electron chi connectivity index (χ1n) is 7.30. The molecular weight excluding hydrogens is 256 g/mol. The molecule has 2 nitrogen and oxygen atoms in total. The van der Waals surface area contributed by atoms with Crippen molar-refractivity contribution in [2.24, 2.45) is 5.73 Å². The van der Waals surface area contributed by atoms with E-state index in [4.69, 9.17) is 5.73 Å². The highest BCUT2D eigenvalue weighted by atomic mass is 14.7. The van der Waals surface area contributed by atoms with Crippen LogP contribution in [-0.2, 0) is 6.42 Å². The Balaban J connectivity index is 1.89. The Morgan fingerprint density at radius 1 is 1.05 bits per heavy atom. The van der Waals surface area contributed by atoms with Crippen molar-refractivity contribution < 1.29 is 0 Å². The highest BCUT2D eigenvalue weighted by Gasteiger charge is 2.10. The van der Waals surface area contributed by atoms with E-state index in [0.717, 1.165) is 22.9 Å². The van der Waals surface area contributed by atoms with Crippen LogP contribution in [0.25, 0.3) is 10.9 Å². The van der Waals surface area contributed by atoms with Crippen LogP contribution < -0.4 is 5.73 Å².